The van der Waals surface area contributed by atoms with Crippen LogP contribution in [0.15, 0.2) is 54.6 Å². The lowest BCUT2D eigenvalue weighted by molar-refractivity contribution is 0.483. The first-order chi connectivity index (χ1) is 10.1. The van der Waals surface area contributed by atoms with E-state index in [1.807, 2.05) is 30.3 Å². The van der Waals surface area contributed by atoms with Gasteiger partial charge in [-0.3, -0.25) is 4.72 Å². The molecule has 1 saturated heterocycles. The highest BCUT2D eigenvalue weighted by Gasteiger charge is 2.28. The van der Waals surface area contributed by atoms with E-state index in [1.165, 1.54) is 0 Å². The molecule has 0 aliphatic carbocycles. The summed E-state index contributed by atoms with van der Waals surface area (Å²) in [6, 6.07) is 16.3. The third-order valence-corrected chi connectivity index (χ3v) is 5.46. The summed E-state index contributed by atoms with van der Waals surface area (Å²) in [5.74, 6) is 2.41. The highest BCUT2D eigenvalue weighted by atomic mass is 32.2. The maximum atomic E-state index is 12.0. The fraction of sp³-hybridized carbons (Fsp3) is 0.200. The molecule has 1 aliphatic rings. The number of para-hydroxylation sites is 1. The van der Waals surface area contributed by atoms with Crippen molar-refractivity contribution < 1.29 is 13.2 Å². The fourth-order valence-electron chi connectivity index (χ4n) is 1.88. The van der Waals surface area contributed by atoms with Crippen LogP contribution >= 0.6 is 11.8 Å². The normalized spacial score (nSPS) is 17.2. The number of rotatable bonds is 6. The van der Waals surface area contributed by atoms with E-state index in [4.69, 9.17) is 4.74 Å². The first kappa shape index (κ1) is 14.3. The van der Waals surface area contributed by atoms with Gasteiger partial charge in [0.05, 0.1) is 11.4 Å². The van der Waals surface area contributed by atoms with E-state index in [1.54, 1.807) is 36.0 Å². The predicted molar refractivity (Wildman–Crippen MR) is 86.6 cm³/mol. The Morgan fingerprint density at radius 1 is 1.10 bits per heavy atom. The van der Waals surface area contributed by atoms with Crippen molar-refractivity contribution in [1.82, 2.24) is 0 Å². The van der Waals surface area contributed by atoms with Crippen molar-refractivity contribution >= 4 is 27.5 Å². The second kappa shape index (κ2) is 5.99. The summed E-state index contributed by atoms with van der Waals surface area (Å²) in [5.41, 5.74) is 0.522. The van der Waals surface area contributed by atoms with Gasteiger partial charge in [-0.15, -0.1) is 0 Å². The lowest BCUT2D eigenvalue weighted by atomic mass is 10.3. The van der Waals surface area contributed by atoms with E-state index in [-0.39, 0.29) is 11.0 Å². The molecule has 1 heterocycles. The Labute approximate surface area is 128 Å². The van der Waals surface area contributed by atoms with Crippen molar-refractivity contribution in [2.45, 2.75) is 5.25 Å². The Morgan fingerprint density at radius 3 is 2.52 bits per heavy atom. The lowest BCUT2D eigenvalue weighted by Crippen LogP contribution is -2.19. The SMILES string of the molecule is O=S(=O)(CC1CS1)Nc1cccc(Oc2ccccc2)c1. The van der Waals surface area contributed by atoms with Gasteiger partial charge in [0.25, 0.3) is 0 Å². The summed E-state index contributed by atoms with van der Waals surface area (Å²) in [7, 11) is -3.29. The third kappa shape index (κ3) is 4.41. The zero-order chi connectivity index (χ0) is 14.7. The number of anilines is 1. The minimum Gasteiger partial charge on any atom is -0.457 e. The van der Waals surface area contributed by atoms with Crippen molar-refractivity contribution in [3.8, 4) is 11.5 Å². The van der Waals surface area contributed by atoms with Crippen LogP contribution < -0.4 is 9.46 Å². The molecule has 6 heteroatoms. The van der Waals surface area contributed by atoms with Gasteiger partial charge in [0.1, 0.15) is 11.5 Å². The van der Waals surface area contributed by atoms with Crippen molar-refractivity contribution in [1.29, 1.82) is 0 Å². The Morgan fingerprint density at radius 2 is 1.81 bits per heavy atom. The number of hydrogen-bond donors (Lipinski definition) is 1. The molecule has 21 heavy (non-hydrogen) atoms. The van der Waals surface area contributed by atoms with E-state index < -0.39 is 10.0 Å². The van der Waals surface area contributed by atoms with Crippen LogP contribution in [0.4, 0.5) is 5.69 Å². The minimum atomic E-state index is -3.29. The second-order valence-electron chi connectivity index (χ2n) is 4.78. The number of benzene rings is 2. The summed E-state index contributed by atoms with van der Waals surface area (Å²) >= 11 is 1.67. The smallest absolute Gasteiger partial charge is 0.233 e. The van der Waals surface area contributed by atoms with Crippen LogP contribution in [0.25, 0.3) is 0 Å². The topological polar surface area (TPSA) is 55.4 Å². The maximum Gasteiger partial charge on any atom is 0.233 e. The highest BCUT2D eigenvalue weighted by molar-refractivity contribution is 8.08. The fourth-order valence-corrected chi connectivity index (χ4v) is 4.38. The number of sulfonamides is 1. The predicted octanol–water partition coefficient (Wildman–Crippen LogP) is 3.34. The van der Waals surface area contributed by atoms with Crippen molar-refractivity contribution in [3.05, 3.63) is 54.6 Å². The van der Waals surface area contributed by atoms with Gasteiger partial charge in [-0.1, -0.05) is 24.3 Å². The molecule has 1 fully saturated rings. The first-order valence-electron chi connectivity index (χ1n) is 6.56. The maximum absolute atomic E-state index is 12.0. The van der Waals surface area contributed by atoms with Gasteiger partial charge < -0.3 is 4.74 Å². The summed E-state index contributed by atoms with van der Waals surface area (Å²) < 4.78 is 32.2. The molecule has 3 rings (SSSR count). The molecule has 1 atom stereocenters. The molecule has 110 valence electrons. The monoisotopic (exact) mass is 321 g/mol. The van der Waals surface area contributed by atoms with Crippen molar-refractivity contribution in [3.63, 3.8) is 0 Å². The van der Waals surface area contributed by atoms with Crippen molar-refractivity contribution in [2.75, 3.05) is 16.2 Å². The van der Waals surface area contributed by atoms with Crippen LogP contribution in [0, 0.1) is 0 Å². The molecule has 4 nitrogen and oxygen atoms in total. The van der Waals surface area contributed by atoms with Crippen molar-refractivity contribution in [2.24, 2.45) is 0 Å². The third-order valence-electron chi connectivity index (χ3n) is 2.89. The molecule has 2 aromatic carbocycles. The van der Waals surface area contributed by atoms with Gasteiger partial charge in [-0.05, 0) is 24.3 Å². The van der Waals surface area contributed by atoms with Crippen LogP contribution in [0.1, 0.15) is 0 Å². The number of nitrogens with one attached hydrogen (secondary N) is 1. The molecular formula is C15H15NO3S2. The standard InChI is InChI=1S/C15H15NO3S2/c17-21(18,11-15-10-20-15)16-12-5-4-8-14(9-12)19-13-6-2-1-3-7-13/h1-9,15-16H,10-11H2. The zero-order valence-corrected chi connectivity index (χ0v) is 12.9. The van der Waals surface area contributed by atoms with Crippen LogP contribution in [-0.4, -0.2) is 25.2 Å². The zero-order valence-electron chi connectivity index (χ0n) is 11.2. The molecule has 0 aromatic heterocycles. The number of ether oxygens (including phenoxy) is 1. The lowest BCUT2D eigenvalue weighted by Gasteiger charge is -2.10. The first-order valence-corrected chi connectivity index (χ1v) is 9.26. The molecule has 1 aliphatic heterocycles. The minimum absolute atomic E-state index is 0.168. The van der Waals surface area contributed by atoms with Crippen LogP contribution in [0.3, 0.4) is 0 Å². The van der Waals surface area contributed by atoms with Crippen LogP contribution in [0.2, 0.25) is 0 Å². The average Bonchev–Trinajstić information content (AvgIpc) is 3.23. The van der Waals surface area contributed by atoms with Gasteiger partial charge >= 0.3 is 0 Å². The van der Waals surface area contributed by atoms with Gasteiger partial charge in [0, 0.05) is 17.1 Å². The Bertz CT molecular complexity index is 713. The van der Waals surface area contributed by atoms with Gasteiger partial charge in [-0.2, -0.15) is 11.8 Å². The number of hydrogen-bond acceptors (Lipinski definition) is 4. The molecule has 1 unspecified atom stereocenters. The van der Waals surface area contributed by atoms with Gasteiger partial charge in [-0.25, -0.2) is 8.42 Å². The number of thioether (sulfide) groups is 1. The Balaban J connectivity index is 1.70. The molecule has 0 amide bonds. The second-order valence-corrected chi connectivity index (χ2v) is 7.88. The molecule has 0 spiro atoms. The molecule has 2 aromatic rings. The average molecular weight is 321 g/mol. The van der Waals surface area contributed by atoms with Gasteiger partial charge in [0.2, 0.25) is 10.0 Å². The molecule has 1 N–H and O–H groups in total. The Kier molecular flexibility index (Phi) is 4.07. The van der Waals surface area contributed by atoms with E-state index in [9.17, 15) is 8.42 Å². The summed E-state index contributed by atoms with van der Waals surface area (Å²) in [4.78, 5) is 0. The molecule has 0 bridgehead atoms. The quantitative estimate of drug-likeness (QED) is 0.829. The van der Waals surface area contributed by atoms with E-state index >= 15 is 0 Å². The largest absolute Gasteiger partial charge is 0.457 e. The summed E-state index contributed by atoms with van der Waals surface area (Å²) in [5, 5.41) is 0.242. The van der Waals surface area contributed by atoms with Crippen LogP contribution in [0.5, 0.6) is 11.5 Å². The molecule has 0 saturated carbocycles. The Hall–Kier alpha value is -1.66. The molecule has 0 radical (unpaired) electrons. The van der Waals surface area contributed by atoms with E-state index in [2.05, 4.69) is 4.72 Å². The van der Waals surface area contributed by atoms with E-state index in [0.717, 1.165) is 5.75 Å². The van der Waals surface area contributed by atoms with Crippen LogP contribution in [-0.2, 0) is 10.0 Å². The summed E-state index contributed by atoms with van der Waals surface area (Å²) in [6.45, 7) is 0. The van der Waals surface area contributed by atoms with E-state index in [0.29, 0.717) is 17.2 Å². The molecular weight excluding hydrogens is 306 g/mol. The van der Waals surface area contributed by atoms with Gasteiger partial charge in [0.15, 0.2) is 0 Å². The summed E-state index contributed by atoms with van der Waals surface area (Å²) in [6.07, 6.45) is 0. The highest BCUT2D eigenvalue weighted by Crippen LogP contribution is 2.32.